The molecule has 0 saturated carbocycles. The average molecular weight is 489 g/mol. The molecule has 1 amide bonds. The van der Waals surface area contributed by atoms with E-state index >= 15 is 0 Å². The van der Waals surface area contributed by atoms with Crippen LogP contribution in [0.3, 0.4) is 0 Å². The van der Waals surface area contributed by atoms with Crippen LogP contribution in [-0.4, -0.2) is 43.2 Å². The summed E-state index contributed by atoms with van der Waals surface area (Å²) in [5.74, 6) is -2.03. The van der Waals surface area contributed by atoms with Gasteiger partial charge in [-0.25, -0.2) is 17.2 Å². The van der Waals surface area contributed by atoms with Crippen molar-refractivity contribution in [1.29, 1.82) is 0 Å². The van der Waals surface area contributed by atoms with Gasteiger partial charge in [-0.15, -0.1) is 0 Å². The van der Waals surface area contributed by atoms with Gasteiger partial charge in [-0.2, -0.15) is 4.31 Å². The molecule has 0 unspecified atom stereocenters. The molecular formula is C20H23BrF2N2O3S. The molecule has 158 valence electrons. The third-order valence-corrected chi connectivity index (χ3v) is 7.09. The van der Waals surface area contributed by atoms with Crippen LogP contribution >= 0.6 is 15.9 Å². The number of nitrogens with zero attached hydrogens (tertiary/aromatic N) is 2. The van der Waals surface area contributed by atoms with Gasteiger partial charge >= 0.3 is 0 Å². The largest absolute Gasteiger partial charge is 0.334 e. The van der Waals surface area contributed by atoms with Gasteiger partial charge in [0.05, 0.1) is 10.5 Å². The molecule has 2 rings (SSSR count). The molecule has 0 N–H and O–H groups in total. The van der Waals surface area contributed by atoms with Crippen molar-refractivity contribution in [2.45, 2.75) is 32.2 Å². The normalized spacial score (nSPS) is 11.7. The number of sulfonamides is 1. The molecule has 0 radical (unpaired) electrons. The van der Waals surface area contributed by atoms with Crippen LogP contribution in [-0.2, 0) is 16.6 Å². The van der Waals surface area contributed by atoms with E-state index in [0.717, 1.165) is 18.2 Å². The zero-order chi connectivity index (χ0) is 21.8. The Kier molecular flexibility index (Phi) is 7.90. The molecule has 0 aliphatic rings. The lowest BCUT2D eigenvalue weighted by Gasteiger charge is -2.23. The molecule has 0 fully saturated rings. The fourth-order valence-electron chi connectivity index (χ4n) is 2.91. The third-order valence-electron chi connectivity index (χ3n) is 4.55. The van der Waals surface area contributed by atoms with Crippen molar-refractivity contribution < 1.29 is 22.0 Å². The molecule has 0 atom stereocenters. The first-order chi connectivity index (χ1) is 13.6. The SMILES string of the molecule is CCN(Cc1cc(Br)ccc1F)C(=O)c1cc(S(=O)(=O)N(CC)CC)ccc1F. The maximum atomic E-state index is 14.4. The van der Waals surface area contributed by atoms with Gasteiger partial charge in [0, 0.05) is 36.2 Å². The predicted molar refractivity (Wildman–Crippen MR) is 111 cm³/mol. The van der Waals surface area contributed by atoms with Crippen LogP contribution in [0.1, 0.15) is 36.7 Å². The van der Waals surface area contributed by atoms with Gasteiger partial charge < -0.3 is 4.90 Å². The summed E-state index contributed by atoms with van der Waals surface area (Å²) in [6.45, 7) is 5.70. The summed E-state index contributed by atoms with van der Waals surface area (Å²) in [7, 11) is -3.85. The van der Waals surface area contributed by atoms with Crippen LogP contribution in [0.5, 0.6) is 0 Å². The molecule has 9 heteroatoms. The topological polar surface area (TPSA) is 57.7 Å². The van der Waals surface area contributed by atoms with Crippen LogP contribution in [0.2, 0.25) is 0 Å². The summed E-state index contributed by atoms with van der Waals surface area (Å²) >= 11 is 3.26. The van der Waals surface area contributed by atoms with Gasteiger partial charge in [0.2, 0.25) is 10.0 Å². The van der Waals surface area contributed by atoms with Crippen molar-refractivity contribution in [3.05, 3.63) is 63.6 Å². The Morgan fingerprint density at radius 3 is 2.17 bits per heavy atom. The number of carbonyl (C=O) groups is 1. The van der Waals surface area contributed by atoms with E-state index in [-0.39, 0.29) is 42.2 Å². The molecule has 0 aliphatic heterocycles. The molecule has 0 saturated heterocycles. The molecule has 29 heavy (non-hydrogen) atoms. The average Bonchev–Trinajstić information content (AvgIpc) is 2.69. The Hall–Kier alpha value is -1.84. The summed E-state index contributed by atoms with van der Waals surface area (Å²) in [6, 6.07) is 7.52. The minimum Gasteiger partial charge on any atom is -0.334 e. The molecule has 2 aromatic rings. The second-order valence-electron chi connectivity index (χ2n) is 6.29. The Labute approximate surface area is 178 Å². The van der Waals surface area contributed by atoms with Crippen molar-refractivity contribution in [2.75, 3.05) is 19.6 Å². The quantitative estimate of drug-likeness (QED) is 0.552. The molecule has 5 nitrogen and oxygen atoms in total. The molecule has 0 aromatic heterocycles. The maximum absolute atomic E-state index is 14.4. The number of benzene rings is 2. The van der Waals surface area contributed by atoms with E-state index in [1.54, 1.807) is 26.8 Å². The Morgan fingerprint density at radius 1 is 0.966 bits per heavy atom. The smallest absolute Gasteiger partial charge is 0.257 e. The standard InChI is InChI=1S/C20H23BrF2N2O3S/c1-4-24(13-14-11-15(21)7-9-18(14)22)20(26)17-12-16(8-10-19(17)23)29(27,28)25(5-2)6-3/h7-12H,4-6,13H2,1-3H3. The van der Waals surface area contributed by atoms with Gasteiger partial charge in [0.25, 0.3) is 5.91 Å². The van der Waals surface area contributed by atoms with Crippen LogP contribution in [0.4, 0.5) is 8.78 Å². The summed E-state index contributed by atoms with van der Waals surface area (Å²) in [5.41, 5.74) is -0.0996. The zero-order valence-electron chi connectivity index (χ0n) is 16.5. The number of hydrogen-bond acceptors (Lipinski definition) is 3. The number of carbonyl (C=O) groups excluding carboxylic acids is 1. The van der Waals surface area contributed by atoms with Gasteiger partial charge in [-0.05, 0) is 43.3 Å². The second kappa shape index (κ2) is 9.77. The summed E-state index contributed by atoms with van der Waals surface area (Å²) in [4.78, 5) is 14.0. The first kappa shape index (κ1) is 23.4. The molecule has 0 heterocycles. The summed E-state index contributed by atoms with van der Waals surface area (Å²) in [6.07, 6.45) is 0. The highest BCUT2D eigenvalue weighted by Crippen LogP contribution is 2.22. The van der Waals surface area contributed by atoms with Crippen molar-refractivity contribution in [3.63, 3.8) is 0 Å². The van der Waals surface area contributed by atoms with Crippen molar-refractivity contribution in [1.82, 2.24) is 9.21 Å². The maximum Gasteiger partial charge on any atom is 0.257 e. The van der Waals surface area contributed by atoms with Crippen molar-refractivity contribution in [3.8, 4) is 0 Å². The van der Waals surface area contributed by atoms with E-state index < -0.39 is 27.6 Å². The molecule has 0 aliphatic carbocycles. The highest BCUT2D eigenvalue weighted by molar-refractivity contribution is 9.10. The van der Waals surface area contributed by atoms with Gasteiger partial charge in [-0.3, -0.25) is 4.79 Å². The molecule has 0 bridgehead atoms. The third kappa shape index (κ3) is 5.21. The van der Waals surface area contributed by atoms with Gasteiger partial charge in [-0.1, -0.05) is 29.8 Å². The second-order valence-corrected chi connectivity index (χ2v) is 9.14. The van der Waals surface area contributed by atoms with Crippen LogP contribution in [0.15, 0.2) is 45.8 Å². The van der Waals surface area contributed by atoms with Crippen LogP contribution < -0.4 is 0 Å². The summed E-state index contributed by atoms with van der Waals surface area (Å²) < 4.78 is 55.8. The van der Waals surface area contributed by atoms with E-state index in [4.69, 9.17) is 0 Å². The number of halogens is 3. The first-order valence-corrected chi connectivity index (χ1v) is 11.4. The van der Waals surface area contributed by atoms with Gasteiger partial charge in [0.15, 0.2) is 0 Å². The van der Waals surface area contributed by atoms with Crippen LogP contribution in [0.25, 0.3) is 0 Å². The van der Waals surface area contributed by atoms with E-state index in [1.807, 2.05) is 0 Å². The van der Waals surface area contributed by atoms with E-state index in [0.29, 0.717) is 4.47 Å². The lowest BCUT2D eigenvalue weighted by Crippen LogP contribution is -2.33. The Balaban J connectivity index is 2.41. The highest BCUT2D eigenvalue weighted by atomic mass is 79.9. The fourth-order valence-corrected chi connectivity index (χ4v) is 4.80. The number of rotatable bonds is 8. The van der Waals surface area contributed by atoms with E-state index in [2.05, 4.69) is 15.9 Å². The van der Waals surface area contributed by atoms with E-state index in [9.17, 15) is 22.0 Å². The predicted octanol–water partition coefficient (Wildman–Crippen LogP) is 4.42. The minimum atomic E-state index is -3.85. The molecular weight excluding hydrogens is 466 g/mol. The van der Waals surface area contributed by atoms with Crippen molar-refractivity contribution >= 4 is 31.9 Å². The number of amides is 1. The lowest BCUT2D eigenvalue weighted by atomic mass is 10.1. The Morgan fingerprint density at radius 2 is 1.59 bits per heavy atom. The summed E-state index contributed by atoms with van der Waals surface area (Å²) in [5, 5.41) is 0. The fraction of sp³-hybridized carbons (Fsp3) is 0.350. The van der Waals surface area contributed by atoms with Gasteiger partial charge in [0.1, 0.15) is 11.6 Å². The van der Waals surface area contributed by atoms with E-state index in [1.165, 1.54) is 21.3 Å². The minimum absolute atomic E-state index is 0.0763. The first-order valence-electron chi connectivity index (χ1n) is 9.18. The lowest BCUT2D eigenvalue weighted by molar-refractivity contribution is 0.0746. The van der Waals surface area contributed by atoms with Crippen molar-refractivity contribution in [2.24, 2.45) is 0 Å². The van der Waals surface area contributed by atoms with Crippen LogP contribution in [0, 0.1) is 11.6 Å². The highest BCUT2D eigenvalue weighted by Gasteiger charge is 2.26. The molecule has 0 spiro atoms. The zero-order valence-corrected chi connectivity index (χ0v) is 18.9. The Bertz CT molecular complexity index is 995. The molecule has 2 aromatic carbocycles. The number of hydrogen-bond donors (Lipinski definition) is 0. The monoisotopic (exact) mass is 488 g/mol.